The van der Waals surface area contributed by atoms with Gasteiger partial charge in [-0.15, -0.1) is 0 Å². The molecule has 0 heterocycles. The average Bonchev–Trinajstić information content (AvgIpc) is 2.78. The molecule has 0 bridgehead atoms. The van der Waals surface area contributed by atoms with Gasteiger partial charge in [-0.3, -0.25) is 9.59 Å². The topological polar surface area (TPSA) is 60.2 Å². The van der Waals surface area contributed by atoms with Gasteiger partial charge in [-0.2, -0.15) is 0 Å². The van der Waals surface area contributed by atoms with Gasteiger partial charge in [0.25, 0.3) is 0 Å². The first-order chi connectivity index (χ1) is 8.68. The van der Waals surface area contributed by atoms with Crippen LogP contribution in [0.15, 0.2) is 30.3 Å². The van der Waals surface area contributed by atoms with Gasteiger partial charge in [0.1, 0.15) is 0 Å². The summed E-state index contributed by atoms with van der Waals surface area (Å²) in [6, 6.07) is 8.00. The minimum atomic E-state index is -0.298. The number of hydrogen-bond donors (Lipinski definition) is 1. The second kappa shape index (κ2) is 5.63. The summed E-state index contributed by atoms with van der Waals surface area (Å²) >= 11 is 0. The van der Waals surface area contributed by atoms with Crippen molar-refractivity contribution < 1.29 is 9.59 Å². The van der Waals surface area contributed by atoms with Crippen molar-refractivity contribution in [2.75, 3.05) is 0 Å². The highest BCUT2D eigenvalue weighted by Crippen LogP contribution is 2.28. The van der Waals surface area contributed by atoms with Crippen molar-refractivity contribution in [3.8, 4) is 0 Å². The lowest BCUT2D eigenvalue weighted by Crippen LogP contribution is -2.10. The number of hydrogen-bond acceptors (Lipinski definition) is 2. The van der Waals surface area contributed by atoms with E-state index in [-0.39, 0.29) is 11.7 Å². The third-order valence-corrected chi connectivity index (χ3v) is 3.21. The number of carbonyl (C=O) groups excluding carboxylic acids is 2. The summed E-state index contributed by atoms with van der Waals surface area (Å²) in [6.07, 6.45) is 5.12. The molecular formula is C15H17NO2. The van der Waals surface area contributed by atoms with Crippen molar-refractivity contribution in [3.63, 3.8) is 0 Å². The number of amides is 1. The molecule has 0 aliphatic heterocycles. The summed E-state index contributed by atoms with van der Waals surface area (Å²) < 4.78 is 0. The molecule has 18 heavy (non-hydrogen) atoms. The first-order valence-corrected chi connectivity index (χ1v) is 6.28. The Balaban J connectivity index is 1.90. The monoisotopic (exact) mass is 243 g/mol. The Morgan fingerprint density at radius 1 is 1.11 bits per heavy atom. The fourth-order valence-electron chi connectivity index (χ4n) is 2.27. The van der Waals surface area contributed by atoms with Crippen LogP contribution in [0.2, 0.25) is 0 Å². The van der Waals surface area contributed by atoms with Crippen LogP contribution in [0.1, 0.15) is 36.8 Å². The van der Waals surface area contributed by atoms with Gasteiger partial charge in [0.15, 0.2) is 5.78 Å². The summed E-state index contributed by atoms with van der Waals surface area (Å²) in [4.78, 5) is 22.7. The van der Waals surface area contributed by atoms with Crippen molar-refractivity contribution in [2.45, 2.75) is 32.1 Å². The normalized spacial score (nSPS) is 13.0. The SMILES string of the molecule is NC(=O)CCCCC(=O)C1=CCc2ccccc21. The maximum atomic E-state index is 12.1. The molecule has 1 aliphatic rings. The third-order valence-electron chi connectivity index (χ3n) is 3.21. The summed E-state index contributed by atoms with van der Waals surface area (Å²) in [6.45, 7) is 0. The van der Waals surface area contributed by atoms with E-state index in [9.17, 15) is 9.59 Å². The zero-order chi connectivity index (χ0) is 13.0. The number of primary amides is 1. The number of unbranched alkanes of at least 4 members (excludes halogenated alkanes) is 1. The highest BCUT2D eigenvalue weighted by molar-refractivity contribution is 6.22. The smallest absolute Gasteiger partial charge is 0.217 e. The third kappa shape index (κ3) is 2.86. The van der Waals surface area contributed by atoms with Gasteiger partial charge < -0.3 is 5.73 Å². The Hall–Kier alpha value is -1.90. The van der Waals surface area contributed by atoms with E-state index in [0.29, 0.717) is 19.3 Å². The van der Waals surface area contributed by atoms with Crippen molar-refractivity contribution >= 4 is 17.3 Å². The van der Waals surface area contributed by atoms with E-state index in [4.69, 9.17) is 5.73 Å². The van der Waals surface area contributed by atoms with Gasteiger partial charge in [0.2, 0.25) is 5.91 Å². The largest absolute Gasteiger partial charge is 0.370 e. The molecule has 3 heteroatoms. The van der Waals surface area contributed by atoms with Crippen LogP contribution in [0.3, 0.4) is 0 Å². The molecule has 0 atom stereocenters. The molecule has 1 aromatic rings. The van der Waals surface area contributed by atoms with Crippen LogP contribution in [0.5, 0.6) is 0 Å². The molecule has 94 valence electrons. The lowest BCUT2D eigenvalue weighted by Gasteiger charge is -2.04. The summed E-state index contributed by atoms with van der Waals surface area (Å²) in [5, 5.41) is 0. The van der Waals surface area contributed by atoms with E-state index in [1.165, 1.54) is 5.56 Å². The van der Waals surface area contributed by atoms with Crippen LogP contribution in [-0.2, 0) is 16.0 Å². The molecule has 0 fully saturated rings. The van der Waals surface area contributed by atoms with Gasteiger partial charge in [0.05, 0.1) is 0 Å². The van der Waals surface area contributed by atoms with Crippen molar-refractivity contribution in [2.24, 2.45) is 5.73 Å². The Morgan fingerprint density at radius 2 is 1.83 bits per heavy atom. The van der Waals surface area contributed by atoms with E-state index >= 15 is 0 Å². The molecule has 1 amide bonds. The lowest BCUT2D eigenvalue weighted by molar-refractivity contribution is -0.118. The minimum absolute atomic E-state index is 0.171. The van der Waals surface area contributed by atoms with E-state index in [1.54, 1.807) is 0 Å². The van der Waals surface area contributed by atoms with Crippen LogP contribution in [0, 0.1) is 0 Å². The molecular weight excluding hydrogens is 226 g/mol. The number of rotatable bonds is 6. The quantitative estimate of drug-likeness (QED) is 0.779. The predicted octanol–water partition coefficient (Wildman–Crippen LogP) is 2.24. The molecule has 0 saturated heterocycles. The van der Waals surface area contributed by atoms with Crippen molar-refractivity contribution in [1.82, 2.24) is 0 Å². The molecule has 1 aromatic carbocycles. The molecule has 2 N–H and O–H groups in total. The van der Waals surface area contributed by atoms with Crippen LogP contribution in [-0.4, -0.2) is 11.7 Å². The van der Waals surface area contributed by atoms with Crippen LogP contribution >= 0.6 is 0 Å². The number of benzene rings is 1. The standard InChI is InChI=1S/C15H17NO2/c16-15(18)8-4-3-7-14(17)13-10-9-11-5-1-2-6-12(11)13/h1-2,5-6,10H,3-4,7-9H2,(H2,16,18). The first kappa shape index (κ1) is 12.6. The summed E-state index contributed by atoms with van der Waals surface area (Å²) in [7, 11) is 0. The highest BCUT2D eigenvalue weighted by atomic mass is 16.1. The van der Waals surface area contributed by atoms with E-state index < -0.39 is 0 Å². The fourth-order valence-corrected chi connectivity index (χ4v) is 2.27. The van der Waals surface area contributed by atoms with E-state index in [2.05, 4.69) is 6.07 Å². The Labute approximate surface area is 107 Å². The number of ketones is 1. The maximum absolute atomic E-state index is 12.1. The van der Waals surface area contributed by atoms with Gasteiger partial charge in [0, 0.05) is 18.4 Å². The average molecular weight is 243 g/mol. The molecule has 2 rings (SSSR count). The number of fused-ring (bicyclic) bond motifs is 1. The summed E-state index contributed by atoms with van der Waals surface area (Å²) in [5.74, 6) is -0.128. The molecule has 0 unspecified atom stereocenters. The van der Waals surface area contributed by atoms with Crippen molar-refractivity contribution in [3.05, 3.63) is 41.5 Å². The Morgan fingerprint density at radius 3 is 2.61 bits per heavy atom. The highest BCUT2D eigenvalue weighted by Gasteiger charge is 2.18. The maximum Gasteiger partial charge on any atom is 0.217 e. The second-order valence-electron chi connectivity index (χ2n) is 4.58. The zero-order valence-corrected chi connectivity index (χ0v) is 10.3. The van der Waals surface area contributed by atoms with Gasteiger partial charge >= 0.3 is 0 Å². The fraction of sp³-hybridized carbons (Fsp3) is 0.333. The van der Waals surface area contributed by atoms with Crippen molar-refractivity contribution in [1.29, 1.82) is 0 Å². The second-order valence-corrected chi connectivity index (χ2v) is 4.58. The number of nitrogens with two attached hydrogens (primary N) is 1. The van der Waals surface area contributed by atoms with Gasteiger partial charge in [-0.1, -0.05) is 30.3 Å². The minimum Gasteiger partial charge on any atom is -0.370 e. The zero-order valence-electron chi connectivity index (χ0n) is 10.3. The number of Topliss-reactive ketones (excluding diaryl/α,β-unsaturated/α-hetero) is 1. The predicted molar refractivity (Wildman–Crippen MR) is 70.8 cm³/mol. The summed E-state index contributed by atoms with van der Waals surface area (Å²) in [5.41, 5.74) is 8.18. The Kier molecular flexibility index (Phi) is 3.92. The number of allylic oxidation sites excluding steroid dienone is 2. The molecule has 0 saturated carbocycles. The van der Waals surface area contributed by atoms with Crippen LogP contribution in [0.4, 0.5) is 0 Å². The van der Waals surface area contributed by atoms with Gasteiger partial charge in [-0.05, 0) is 30.4 Å². The first-order valence-electron chi connectivity index (χ1n) is 6.28. The van der Waals surface area contributed by atoms with E-state index in [0.717, 1.165) is 24.0 Å². The van der Waals surface area contributed by atoms with Crippen LogP contribution in [0.25, 0.3) is 5.57 Å². The Bertz CT molecular complexity index is 503. The molecule has 1 aliphatic carbocycles. The molecule has 0 aromatic heterocycles. The molecule has 0 spiro atoms. The lowest BCUT2D eigenvalue weighted by atomic mass is 9.99. The number of carbonyl (C=O) groups is 2. The molecule has 0 radical (unpaired) electrons. The molecule has 3 nitrogen and oxygen atoms in total. The van der Waals surface area contributed by atoms with Gasteiger partial charge in [-0.25, -0.2) is 0 Å². The van der Waals surface area contributed by atoms with Crippen LogP contribution < -0.4 is 5.73 Å². The van der Waals surface area contributed by atoms with E-state index in [1.807, 2.05) is 24.3 Å².